The number of carboxylic acid groups (broad SMARTS) is 1. The number of hydrogen-bond acceptors (Lipinski definition) is 16. The molecular weight excluding hydrogens is 969 g/mol. The second-order valence-electron chi connectivity index (χ2n) is 16.7. The first-order valence-electron chi connectivity index (χ1n) is 23.0. The van der Waals surface area contributed by atoms with Crippen LogP contribution in [0.25, 0.3) is 0 Å². The third-order valence-corrected chi connectivity index (χ3v) is 10.7. The van der Waals surface area contributed by atoms with Crippen LogP contribution in [0.5, 0.6) is 0 Å². The first kappa shape index (κ1) is 62.9. The maximum Gasteiger partial charge on any atom is 0.326 e. The van der Waals surface area contributed by atoms with E-state index in [4.69, 9.17) is 57.3 Å². The molecule has 0 bridgehead atoms. The van der Waals surface area contributed by atoms with E-state index in [1.807, 2.05) is 0 Å². The smallest absolute Gasteiger partial charge is 0.326 e. The van der Waals surface area contributed by atoms with E-state index in [1.54, 1.807) is 0 Å². The maximum atomic E-state index is 14.0. The average molecular weight is 1040 g/mol. The van der Waals surface area contributed by atoms with E-state index in [0.717, 1.165) is 4.90 Å². The van der Waals surface area contributed by atoms with Crippen LogP contribution in [0.2, 0.25) is 0 Å². The number of primary amides is 3. The van der Waals surface area contributed by atoms with E-state index >= 15 is 0 Å². The molecule has 33 heteroatoms. The van der Waals surface area contributed by atoms with Gasteiger partial charge in [0.1, 0.15) is 42.3 Å². The van der Waals surface area contributed by atoms with E-state index in [-0.39, 0.29) is 89.0 Å². The molecule has 73 heavy (non-hydrogen) atoms. The van der Waals surface area contributed by atoms with Crippen LogP contribution < -0.4 is 89.2 Å². The fourth-order valence-electron chi connectivity index (χ4n) is 7.06. The van der Waals surface area contributed by atoms with Crippen LogP contribution in [0.3, 0.4) is 0 Å². The van der Waals surface area contributed by atoms with Crippen LogP contribution in [-0.4, -0.2) is 179 Å². The van der Waals surface area contributed by atoms with Crippen LogP contribution in [-0.2, 0) is 52.7 Å². The summed E-state index contributed by atoms with van der Waals surface area (Å²) in [7, 11) is 0. The molecule has 1 saturated heterocycles. The number of aliphatic hydroxyl groups excluding tert-OH is 1. The van der Waals surface area contributed by atoms with Gasteiger partial charge in [-0.2, -0.15) is 0 Å². The number of rotatable bonds is 35. The monoisotopic (exact) mass is 1040 g/mol. The number of nitrogens with one attached hydrogen (secondary N) is 6. The summed E-state index contributed by atoms with van der Waals surface area (Å²) in [6, 6.07) is -12.2. The largest absolute Gasteiger partial charge is 0.480 e. The van der Waals surface area contributed by atoms with Crippen molar-refractivity contribution in [3.8, 4) is 0 Å². The number of hydrogen-bond donors (Lipinski definition) is 18. The number of nitrogens with two attached hydrogens (primary N) is 10. The lowest BCUT2D eigenvalue weighted by molar-refractivity contribution is -0.142. The van der Waals surface area contributed by atoms with Crippen LogP contribution in [0.15, 0.2) is 15.0 Å². The molecule has 1 aliphatic heterocycles. The summed E-state index contributed by atoms with van der Waals surface area (Å²) in [5.41, 5.74) is 54.0. The van der Waals surface area contributed by atoms with E-state index in [0.29, 0.717) is 6.42 Å². The zero-order valence-electron chi connectivity index (χ0n) is 40.3. The number of carboxylic acids is 1. The highest BCUT2D eigenvalue weighted by atomic mass is 16.4. The van der Waals surface area contributed by atoms with Crippen molar-refractivity contribution in [3.05, 3.63) is 0 Å². The Balaban J connectivity index is 3.49. The predicted octanol–water partition coefficient (Wildman–Crippen LogP) is -10.1. The molecule has 28 N–H and O–H groups in total. The zero-order valence-corrected chi connectivity index (χ0v) is 40.3. The van der Waals surface area contributed by atoms with Gasteiger partial charge in [-0.1, -0.05) is 0 Å². The lowest BCUT2D eigenvalue weighted by Gasteiger charge is -2.28. The summed E-state index contributed by atoms with van der Waals surface area (Å²) >= 11 is 0. The third kappa shape index (κ3) is 25.0. The minimum atomic E-state index is -1.72. The molecule has 0 aliphatic carbocycles. The molecule has 0 aromatic carbocycles. The Labute approximate surface area is 418 Å². The molecule has 10 amide bonds. The molecule has 0 aromatic rings. The molecule has 0 aromatic heterocycles. The van der Waals surface area contributed by atoms with Gasteiger partial charge in [-0.3, -0.25) is 62.9 Å². The van der Waals surface area contributed by atoms with Crippen molar-refractivity contribution in [2.45, 2.75) is 132 Å². The lowest BCUT2D eigenvalue weighted by atomic mass is 10.0. The number of carbonyl (C=O) groups is 11. The summed E-state index contributed by atoms with van der Waals surface area (Å²) in [6.45, 7) is -1.00. The van der Waals surface area contributed by atoms with Gasteiger partial charge in [-0.15, -0.1) is 0 Å². The highest BCUT2D eigenvalue weighted by molar-refractivity contribution is 5.98. The van der Waals surface area contributed by atoms with Crippen LogP contribution in [0.4, 0.5) is 0 Å². The number of aliphatic carboxylic acids is 1. The van der Waals surface area contributed by atoms with Gasteiger partial charge in [-0.05, 0) is 64.2 Å². The zero-order chi connectivity index (χ0) is 55.4. The fourth-order valence-corrected chi connectivity index (χ4v) is 7.06. The fraction of sp³-hybridized carbons (Fsp3) is 0.650. The second kappa shape index (κ2) is 32.7. The Hall–Kier alpha value is -8.10. The first-order chi connectivity index (χ1) is 34.3. The minimum Gasteiger partial charge on any atom is -0.480 e. The molecule has 8 atom stereocenters. The van der Waals surface area contributed by atoms with Gasteiger partial charge in [0.2, 0.25) is 59.1 Å². The molecule has 1 fully saturated rings. The summed E-state index contributed by atoms with van der Waals surface area (Å²) in [4.78, 5) is 155. The van der Waals surface area contributed by atoms with Crippen molar-refractivity contribution in [2.75, 3.05) is 32.8 Å². The quantitative estimate of drug-likeness (QED) is 0.0159. The Morgan fingerprint density at radius 1 is 0.507 bits per heavy atom. The van der Waals surface area contributed by atoms with Crippen molar-refractivity contribution in [1.29, 1.82) is 0 Å². The number of carbonyl (C=O) groups excluding carboxylic acids is 10. The molecule has 410 valence electrons. The van der Waals surface area contributed by atoms with Gasteiger partial charge in [0.05, 0.1) is 19.1 Å². The van der Waals surface area contributed by atoms with Crippen molar-refractivity contribution in [2.24, 2.45) is 72.3 Å². The van der Waals surface area contributed by atoms with Crippen LogP contribution in [0.1, 0.15) is 83.5 Å². The van der Waals surface area contributed by atoms with Crippen LogP contribution >= 0.6 is 0 Å². The number of amides is 10. The van der Waals surface area contributed by atoms with Crippen molar-refractivity contribution in [1.82, 2.24) is 36.8 Å². The average Bonchev–Trinajstić information content (AvgIpc) is 3.80. The Kier molecular flexibility index (Phi) is 28.2. The van der Waals surface area contributed by atoms with Crippen molar-refractivity contribution < 1.29 is 63.0 Å². The van der Waals surface area contributed by atoms with Gasteiger partial charge >= 0.3 is 5.97 Å². The van der Waals surface area contributed by atoms with E-state index in [2.05, 4.69) is 46.9 Å². The molecule has 0 saturated carbocycles. The third-order valence-electron chi connectivity index (χ3n) is 10.7. The number of nitrogens with zero attached hydrogens (tertiary/aromatic N) is 4. The molecule has 1 rings (SSSR count). The van der Waals surface area contributed by atoms with Gasteiger partial charge < -0.3 is 104 Å². The van der Waals surface area contributed by atoms with Gasteiger partial charge in [0.25, 0.3) is 0 Å². The first-order valence-corrected chi connectivity index (χ1v) is 23.0. The summed E-state index contributed by atoms with van der Waals surface area (Å²) in [5.74, 6) is -12.0. The normalized spacial score (nSPS) is 15.7. The Morgan fingerprint density at radius 3 is 1.21 bits per heavy atom. The summed E-state index contributed by atoms with van der Waals surface area (Å²) in [6.07, 6.45) is -2.44. The SMILES string of the molecule is NC(=O)CC[C@H](NC(=O)[C@H](CCC(N)=O)NC(=O)[C@H](CCCN=C(N)N)NC(=O)[C@H](CO)NC(=O)[C@@H]1CCCN1C(=O)[C@@H](N)CC(N)=O)C(=O)N[C@@H](CCCN=C(N)N)C(=O)N[C@@H](CCCN=C(N)N)C(=O)O. The molecule has 0 spiro atoms. The molecule has 0 radical (unpaired) electrons. The molecule has 0 unspecified atom stereocenters. The predicted molar refractivity (Wildman–Crippen MR) is 259 cm³/mol. The highest BCUT2D eigenvalue weighted by Gasteiger charge is 2.39. The topological polar surface area (TPSA) is 601 Å². The van der Waals surface area contributed by atoms with Crippen molar-refractivity contribution in [3.63, 3.8) is 0 Å². The molecule has 1 aliphatic rings. The van der Waals surface area contributed by atoms with Gasteiger partial charge in [-0.25, -0.2) is 4.79 Å². The van der Waals surface area contributed by atoms with Crippen molar-refractivity contribution >= 4 is 82.9 Å². The molecule has 1 heterocycles. The number of aliphatic imine (C=N–C) groups is 3. The van der Waals surface area contributed by atoms with Gasteiger partial charge in [0, 0.05) is 39.0 Å². The minimum absolute atomic E-state index is 0.0104. The summed E-state index contributed by atoms with van der Waals surface area (Å²) in [5, 5.41) is 34.2. The molecular formula is C40H72N20O13. The van der Waals surface area contributed by atoms with E-state index < -0.39 is 152 Å². The highest BCUT2D eigenvalue weighted by Crippen LogP contribution is 2.19. The number of aliphatic hydroxyl groups is 1. The Bertz CT molecular complexity index is 2040. The van der Waals surface area contributed by atoms with Gasteiger partial charge in [0.15, 0.2) is 17.9 Å². The Morgan fingerprint density at radius 2 is 0.863 bits per heavy atom. The van der Waals surface area contributed by atoms with E-state index in [9.17, 15) is 63.0 Å². The number of guanidine groups is 3. The second-order valence-corrected chi connectivity index (χ2v) is 16.7. The van der Waals surface area contributed by atoms with E-state index in [1.165, 1.54) is 0 Å². The lowest BCUT2D eigenvalue weighted by Crippen LogP contribution is -2.60. The number of likely N-dealkylation sites (tertiary alicyclic amines) is 1. The van der Waals surface area contributed by atoms with Crippen LogP contribution in [0, 0.1) is 0 Å². The maximum absolute atomic E-state index is 14.0. The summed E-state index contributed by atoms with van der Waals surface area (Å²) < 4.78 is 0. The molecule has 33 nitrogen and oxygen atoms in total. The standard InChI is InChI=1S/C40H72N20O13/c41-19(17-29(44)64)36(71)60-16-4-8-26(60)35(70)59-25(18-61)34(69)55-20(5-1-13-51-38(45)46)30(65)56-23(10-12-28(43)63)33(68)57-22(9-11-27(42)62)32(67)54-21(6-2-14-52-39(47)48)31(66)58-24(37(72)73)7-3-15-53-40(49)50/h19-26,61H,1-18,41H2,(H2,42,62)(H2,43,63)(H2,44,64)(H,54,67)(H,55,69)(H,56,65)(H,57,68)(H,58,66)(H,59,70)(H,72,73)(H4,45,46,51)(H4,47,48,52)(H4,49,50,53)/t19-,20-,21-,22-,23-,24-,25-,26-/m0/s1.